The van der Waals surface area contributed by atoms with E-state index < -0.39 is 0 Å². The first-order chi connectivity index (χ1) is 12.0. The van der Waals surface area contributed by atoms with E-state index in [4.69, 9.17) is 0 Å². The van der Waals surface area contributed by atoms with Crippen molar-refractivity contribution in [3.8, 4) is 0 Å². The van der Waals surface area contributed by atoms with Gasteiger partial charge in [-0.3, -0.25) is 9.69 Å². The molecule has 3 rings (SSSR count). The summed E-state index contributed by atoms with van der Waals surface area (Å²) in [6, 6.07) is 6.32. The Labute approximate surface area is 147 Å². The van der Waals surface area contributed by atoms with E-state index >= 15 is 0 Å². The van der Waals surface area contributed by atoms with Crippen LogP contribution in [0.15, 0.2) is 24.3 Å². The van der Waals surface area contributed by atoms with Gasteiger partial charge in [-0.2, -0.15) is 0 Å². The van der Waals surface area contributed by atoms with E-state index in [-0.39, 0.29) is 17.8 Å². The highest BCUT2D eigenvalue weighted by Gasteiger charge is 2.28. The SMILES string of the molecule is Cc1nnc(CNC(=O)C2CCCCN2Cc2ccc(F)cc2)n1C. The number of aromatic nitrogens is 3. The van der Waals surface area contributed by atoms with Crippen molar-refractivity contribution in [1.82, 2.24) is 25.0 Å². The van der Waals surface area contributed by atoms with Crippen molar-refractivity contribution in [2.24, 2.45) is 7.05 Å². The van der Waals surface area contributed by atoms with Crippen LogP contribution in [0.4, 0.5) is 4.39 Å². The minimum Gasteiger partial charge on any atom is -0.347 e. The summed E-state index contributed by atoms with van der Waals surface area (Å²) in [7, 11) is 1.89. The number of benzene rings is 1. The van der Waals surface area contributed by atoms with E-state index in [9.17, 15) is 9.18 Å². The molecule has 2 heterocycles. The summed E-state index contributed by atoms with van der Waals surface area (Å²) in [5, 5.41) is 11.1. The third-order valence-electron chi connectivity index (χ3n) is 4.82. The Hall–Kier alpha value is -2.28. The maximum atomic E-state index is 13.1. The van der Waals surface area contributed by atoms with Crippen LogP contribution in [0.1, 0.15) is 36.5 Å². The Morgan fingerprint density at radius 1 is 1.28 bits per heavy atom. The smallest absolute Gasteiger partial charge is 0.237 e. The van der Waals surface area contributed by atoms with Gasteiger partial charge in [-0.15, -0.1) is 10.2 Å². The molecule has 1 aliphatic rings. The van der Waals surface area contributed by atoms with Gasteiger partial charge < -0.3 is 9.88 Å². The lowest BCUT2D eigenvalue weighted by Gasteiger charge is -2.34. The average Bonchev–Trinajstić information content (AvgIpc) is 2.94. The third kappa shape index (κ3) is 4.22. The number of hydrogen-bond acceptors (Lipinski definition) is 4. The molecule has 0 bridgehead atoms. The molecule has 6 nitrogen and oxygen atoms in total. The van der Waals surface area contributed by atoms with Crippen LogP contribution in [-0.2, 0) is 24.9 Å². The van der Waals surface area contributed by atoms with Crippen molar-refractivity contribution in [2.45, 2.75) is 45.3 Å². The molecule has 1 unspecified atom stereocenters. The zero-order valence-electron chi connectivity index (χ0n) is 14.7. The molecule has 1 N–H and O–H groups in total. The number of piperidine rings is 1. The fraction of sp³-hybridized carbons (Fsp3) is 0.500. The predicted octanol–water partition coefficient (Wildman–Crippen LogP) is 1.93. The number of carbonyl (C=O) groups is 1. The van der Waals surface area contributed by atoms with Gasteiger partial charge in [0.1, 0.15) is 11.6 Å². The lowest BCUT2D eigenvalue weighted by Crippen LogP contribution is -2.49. The van der Waals surface area contributed by atoms with Gasteiger partial charge >= 0.3 is 0 Å². The molecule has 0 spiro atoms. The molecule has 25 heavy (non-hydrogen) atoms. The van der Waals surface area contributed by atoms with Gasteiger partial charge in [-0.05, 0) is 44.0 Å². The number of nitrogens with one attached hydrogen (secondary N) is 1. The lowest BCUT2D eigenvalue weighted by molar-refractivity contribution is -0.128. The van der Waals surface area contributed by atoms with Gasteiger partial charge in [0.2, 0.25) is 5.91 Å². The van der Waals surface area contributed by atoms with Crippen molar-refractivity contribution >= 4 is 5.91 Å². The van der Waals surface area contributed by atoms with Crippen LogP contribution in [0.5, 0.6) is 0 Å². The second-order valence-corrected chi connectivity index (χ2v) is 6.55. The molecule has 1 atom stereocenters. The first-order valence-electron chi connectivity index (χ1n) is 8.65. The van der Waals surface area contributed by atoms with Gasteiger partial charge in [0, 0.05) is 13.6 Å². The number of halogens is 1. The van der Waals surface area contributed by atoms with Crippen LogP contribution in [-0.4, -0.2) is 38.2 Å². The Morgan fingerprint density at radius 3 is 2.72 bits per heavy atom. The first-order valence-corrected chi connectivity index (χ1v) is 8.65. The largest absolute Gasteiger partial charge is 0.347 e. The van der Waals surface area contributed by atoms with Crippen LogP contribution in [0.25, 0.3) is 0 Å². The highest BCUT2D eigenvalue weighted by atomic mass is 19.1. The summed E-state index contributed by atoms with van der Waals surface area (Å²) >= 11 is 0. The minimum atomic E-state index is -0.240. The highest BCUT2D eigenvalue weighted by Crippen LogP contribution is 2.20. The van der Waals surface area contributed by atoms with E-state index in [0.717, 1.165) is 43.0 Å². The highest BCUT2D eigenvalue weighted by molar-refractivity contribution is 5.81. The Bertz CT molecular complexity index is 728. The van der Waals surface area contributed by atoms with Crippen LogP contribution in [0.2, 0.25) is 0 Å². The summed E-state index contributed by atoms with van der Waals surface area (Å²) in [6.07, 6.45) is 2.96. The maximum Gasteiger partial charge on any atom is 0.237 e. The second kappa shape index (κ2) is 7.74. The van der Waals surface area contributed by atoms with Crippen LogP contribution in [0, 0.1) is 12.7 Å². The average molecular weight is 345 g/mol. The quantitative estimate of drug-likeness (QED) is 0.899. The first kappa shape index (κ1) is 17.5. The lowest BCUT2D eigenvalue weighted by atomic mass is 10.0. The Morgan fingerprint density at radius 2 is 2.04 bits per heavy atom. The van der Waals surface area contributed by atoms with Crippen LogP contribution < -0.4 is 5.32 Å². The number of carbonyl (C=O) groups excluding carboxylic acids is 1. The molecule has 1 aliphatic heterocycles. The molecule has 0 saturated carbocycles. The molecule has 0 radical (unpaired) electrons. The number of amides is 1. The van der Waals surface area contributed by atoms with Crippen molar-refractivity contribution in [2.75, 3.05) is 6.54 Å². The summed E-state index contributed by atoms with van der Waals surface area (Å²) < 4.78 is 14.9. The molecule has 1 amide bonds. The van der Waals surface area contributed by atoms with Crippen molar-refractivity contribution in [1.29, 1.82) is 0 Å². The minimum absolute atomic E-state index is 0.0162. The molecule has 1 fully saturated rings. The summed E-state index contributed by atoms with van der Waals surface area (Å²) in [5.41, 5.74) is 1.02. The monoisotopic (exact) mass is 345 g/mol. The van der Waals surface area contributed by atoms with Gasteiger partial charge in [0.15, 0.2) is 5.82 Å². The molecular formula is C18H24FN5O. The number of aryl methyl sites for hydroxylation is 1. The number of nitrogens with zero attached hydrogens (tertiary/aromatic N) is 4. The molecule has 0 aliphatic carbocycles. The second-order valence-electron chi connectivity index (χ2n) is 6.55. The van der Waals surface area contributed by atoms with E-state index in [2.05, 4.69) is 20.4 Å². The van der Waals surface area contributed by atoms with Crippen molar-refractivity contribution < 1.29 is 9.18 Å². The van der Waals surface area contributed by atoms with Crippen molar-refractivity contribution in [3.05, 3.63) is 47.3 Å². The van der Waals surface area contributed by atoms with Gasteiger partial charge in [-0.25, -0.2) is 4.39 Å². The summed E-state index contributed by atoms with van der Waals surface area (Å²) in [5.74, 6) is 1.34. The van der Waals surface area contributed by atoms with Crippen LogP contribution >= 0.6 is 0 Å². The number of hydrogen-bond donors (Lipinski definition) is 1. The molecule has 1 aromatic heterocycles. The van der Waals surface area contributed by atoms with E-state index in [0.29, 0.717) is 13.1 Å². The standard InChI is InChI=1S/C18H24FN5O/c1-13-21-22-17(23(13)2)11-20-18(25)16-5-3-4-10-24(16)12-14-6-8-15(19)9-7-14/h6-9,16H,3-5,10-12H2,1-2H3,(H,20,25). The Balaban J connectivity index is 1.62. The predicted molar refractivity (Wildman–Crippen MR) is 92.0 cm³/mol. The van der Waals surface area contributed by atoms with Gasteiger partial charge in [-0.1, -0.05) is 18.6 Å². The van der Waals surface area contributed by atoms with Crippen molar-refractivity contribution in [3.63, 3.8) is 0 Å². The number of rotatable bonds is 5. The third-order valence-corrected chi connectivity index (χ3v) is 4.82. The zero-order chi connectivity index (χ0) is 17.8. The molecule has 2 aromatic rings. The zero-order valence-corrected chi connectivity index (χ0v) is 14.7. The molecular weight excluding hydrogens is 321 g/mol. The van der Waals surface area contributed by atoms with Crippen LogP contribution in [0.3, 0.4) is 0 Å². The molecule has 1 aromatic carbocycles. The van der Waals surface area contributed by atoms with E-state index in [1.807, 2.05) is 18.5 Å². The molecule has 1 saturated heterocycles. The molecule has 134 valence electrons. The number of likely N-dealkylation sites (tertiary alicyclic amines) is 1. The van der Waals surface area contributed by atoms with E-state index in [1.54, 1.807) is 12.1 Å². The normalized spacial score (nSPS) is 18.3. The molecule has 7 heteroatoms. The van der Waals surface area contributed by atoms with Gasteiger partial charge in [0.25, 0.3) is 0 Å². The fourth-order valence-corrected chi connectivity index (χ4v) is 3.19. The van der Waals surface area contributed by atoms with Gasteiger partial charge in [0.05, 0.1) is 12.6 Å². The summed E-state index contributed by atoms with van der Waals surface area (Å²) in [4.78, 5) is 14.8. The Kier molecular flexibility index (Phi) is 5.43. The fourth-order valence-electron chi connectivity index (χ4n) is 3.19. The topological polar surface area (TPSA) is 63.1 Å². The maximum absolute atomic E-state index is 13.1. The summed E-state index contributed by atoms with van der Waals surface area (Å²) in [6.45, 7) is 3.78. The van der Waals surface area contributed by atoms with E-state index in [1.165, 1.54) is 12.1 Å².